The van der Waals surface area contributed by atoms with E-state index in [9.17, 15) is 24.8 Å². The summed E-state index contributed by atoms with van der Waals surface area (Å²) in [4.78, 5) is 0.0822. The SMILES string of the molecule is C=P(C)(C)CCC1O[C@@H](C)[C@H](Br)[C@@H]1O.C=P(C)(C)CCC1O[C@@H](C)[C@H](Cl)[C@@H]1O.C=P(C)(C)CCC1O[C@@H](C)[C@H](F)[C@@H]1O.C=P(C)(C)CCC1O[C@@H](C)[C@H](I)[C@@H]1O. The van der Waals surface area contributed by atoms with Crippen molar-refractivity contribution in [1.82, 2.24) is 0 Å². The molecule has 4 unspecified atom stereocenters. The van der Waals surface area contributed by atoms with Gasteiger partial charge in [-0.25, -0.2) is 4.39 Å². The lowest BCUT2D eigenvalue weighted by atomic mass is 10.1. The summed E-state index contributed by atoms with van der Waals surface area (Å²) in [5, 5.41) is 38.7. The molecular weight excluding hydrogens is 994 g/mol. The quantitative estimate of drug-likeness (QED) is 0.0906. The van der Waals surface area contributed by atoms with Crippen molar-refractivity contribution >= 4 is 103 Å². The molecular formula is C40H80BrClFIO8P4. The van der Waals surface area contributed by atoms with Crippen LogP contribution in [0.15, 0.2) is 0 Å². The second-order valence-corrected chi connectivity index (χ2v) is 39.3. The van der Waals surface area contributed by atoms with Crippen LogP contribution < -0.4 is 0 Å². The van der Waals surface area contributed by atoms with E-state index in [0.717, 1.165) is 50.3 Å². The van der Waals surface area contributed by atoms with Crippen LogP contribution in [0.25, 0.3) is 0 Å². The highest BCUT2D eigenvalue weighted by molar-refractivity contribution is 14.1. The van der Waals surface area contributed by atoms with E-state index in [1.165, 1.54) is 0 Å². The third-order valence-electron chi connectivity index (χ3n) is 10.3. The Morgan fingerprint density at radius 1 is 0.536 bits per heavy atom. The molecule has 4 fully saturated rings. The molecule has 16 heteroatoms. The number of aliphatic hydroxyl groups excluding tert-OH is 4. The first kappa shape index (κ1) is 56.3. The molecule has 4 N–H and O–H groups in total. The fourth-order valence-corrected chi connectivity index (χ4v) is 11.7. The molecule has 56 heavy (non-hydrogen) atoms. The monoisotopic (exact) mass is 1070 g/mol. The third-order valence-corrected chi connectivity index (χ3v) is 19.8. The van der Waals surface area contributed by atoms with Crippen LogP contribution in [-0.4, -0.2) is 217 Å². The van der Waals surface area contributed by atoms with Gasteiger partial charge in [-0.3, -0.25) is 0 Å². The van der Waals surface area contributed by atoms with Crippen LogP contribution in [0.2, 0.25) is 0 Å². The lowest BCUT2D eigenvalue weighted by molar-refractivity contribution is 0.0150. The number of hydrogen-bond acceptors (Lipinski definition) is 8. The minimum atomic E-state index is -1.23. The number of alkyl halides is 4. The van der Waals surface area contributed by atoms with Crippen molar-refractivity contribution in [3.63, 3.8) is 0 Å². The second kappa shape index (κ2) is 24.4. The number of halogens is 4. The largest absolute Gasteiger partial charge is 0.389 e. The van der Waals surface area contributed by atoms with E-state index in [-0.39, 0.29) is 69.1 Å². The number of ether oxygens (including phenoxy) is 4. The zero-order chi connectivity index (χ0) is 43.7. The van der Waals surface area contributed by atoms with E-state index in [4.69, 9.17) is 30.5 Å². The van der Waals surface area contributed by atoms with Crippen LogP contribution in [0.4, 0.5) is 4.39 Å². The number of aliphatic hydroxyl groups is 4. The van der Waals surface area contributed by atoms with Gasteiger partial charge in [0, 0.05) is 0 Å². The third kappa shape index (κ3) is 21.1. The molecule has 336 valence electrons. The zero-order valence-corrected chi connectivity index (χ0v) is 44.5. The molecule has 0 aliphatic carbocycles. The van der Waals surface area contributed by atoms with E-state index in [2.05, 4.69) is 117 Å². The highest BCUT2D eigenvalue weighted by Crippen LogP contribution is 2.41. The van der Waals surface area contributed by atoms with Gasteiger partial charge < -0.3 is 39.4 Å². The molecule has 0 spiro atoms. The van der Waals surface area contributed by atoms with E-state index in [1.54, 1.807) is 6.92 Å². The molecule has 0 amide bonds. The lowest BCUT2D eigenvalue weighted by Crippen LogP contribution is -2.28. The Kier molecular flexibility index (Phi) is 24.5. The highest BCUT2D eigenvalue weighted by Gasteiger charge is 2.42. The normalized spacial score (nSPS) is 38.9. The maximum Gasteiger partial charge on any atom is 0.154 e. The molecule has 0 aromatic heterocycles. The molecule has 4 rings (SSSR count). The first-order valence-corrected chi connectivity index (χ1v) is 34.7. The van der Waals surface area contributed by atoms with Gasteiger partial charge >= 0.3 is 0 Å². The van der Waals surface area contributed by atoms with Crippen molar-refractivity contribution in [3.8, 4) is 0 Å². The Hall–Kier alpha value is 2.31. The average molecular weight is 1070 g/mol. The topological polar surface area (TPSA) is 118 Å². The summed E-state index contributed by atoms with van der Waals surface area (Å²) in [7, 11) is 0. The summed E-state index contributed by atoms with van der Waals surface area (Å²) < 4.78 is 35.8. The molecule has 0 bridgehead atoms. The lowest BCUT2D eigenvalue weighted by Gasteiger charge is -2.18. The van der Waals surface area contributed by atoms with E-state index in [1.807, 2.05) is 20.8 Å². The zero-order valence-electron chi connectivity index (χ0n) is 36.4. The van der Waals surface area contributed by atoms with Gasteiger partial charge in [0.1, 0.15) is 6.10 Å². The average Bonchev–Trinajstić information content (AvgIpc) is 3.66. The summed E-state index contributed by atoms with van der Waals surface area (Å²) in [6, 6.07) is 0. The Morgan fingerprint density at radius 2 is 0.839 bits per heavy atom. The van der Waals surface area contributed by atoms with Crippen molar-refractivity contribution in [3.05, 3.63) is 0 Å². The maximum atomic E-state index is 13.2. The summed E-state index contributed by atoms with van der Waals surface area (Å²) >= 11 is 11.7. The van der Waals surface area contributed by atoms with Crippen LogP contribution in [-0.2, 0) is 18.9 Å². The Labute approximate surface area is 369 Å². The van der Waals surface area contributed by atoms with Crippen LogP contribution in [0.5, 0.6) is 0 Å². The van der Waals surface area contributed by atoms with Gasteiger partial charge in [-0.05, 0) is 131 Å². The summed E-state index contributed by atoms with van der Waals surface area (Å²) in [6.07, 6.45) is 20.2. The Bertz CT molecular complexity index is 1160. The minimum absolute atomic E-state index is 0.00426. The van der Waals surface area contributed by atoms with E-state index in [0.29, 0.717) is 0 Å². The summed E-state index contributed by atoms with van der Waals surface area (Å²) in [5.74, 6) is 0. The van der Waals surface area contributed by atoms with Gasteiger partial charge in [0.2, 0.25) is 0 Å². The minimum Gasteiger partial charge on any atom is -0.389 e. The standard InChI is InChI=1S/C10H20BrO2P.C10H20ClO2P.C10H20FO2P.C10H20IO2P/c4*1-7-9(11)10(12)8(13-7)5-6-14(2,3)4/h4*7-10,12H,2,5-6H2,1,3-4H3/t4*7-,8?,9-,10+/m0000/s1. The van der Waals surface area contributed by atoms with Gasteiger partial charge in [0.05, 0.1) is 81.3 Å². The van der Waals surface area contributed by atoms with Gasteiger partial charge in [-0.2, -0.15) is 0 Å². The van der Waals surface area contributed by atoms with Crippen LogP contribution >= 0.6 is 77.7 Å². The second-order valence-electron chi connectivity index (χ2n) is 19.1. The molecule has 0 aromatic rings. The van der Waals surface area contributed by atoms with Gasteiger partial charge in [0.25, 0.3) is 0 Å². The number of hydrogen-bond donors (Lipinski definition) is 4. The molecule has 0 saturated carbocycles. The molecule has 4 heterocycles. The smallest absolute Gasteiger partial charge is 0.154 e. The summed E-state index contributed by atoms with van der Waals surface area (Å²) in [6.45, 7) is 21.0. The van der Waals surface area contributed by atoms with Crippen LogP contribution in [0.1, 0.15) is 53.4 Å². The van der Waals surface area contributed by atoms with Gasteiger partial charge in [-0.15, -0.1) is 64.3 Å². The van der Waals surface area contributed by atoms with Crippen molar-refractivity contribution in [2.75, 3.05) is 78.0 Å². The molecule has 4 saturated heterocycles. The molecule has 16 atom stereocenters. The van der Waals surface area contributed by atoms with Crippen molar-refractivity contribution in [1.29, 1.82) is 0 Å². The Balaban J connectivity index is 0.000000373. The fraction of sp³-hybridized carbons (Fsp3) is 0.900. The van der Waals surface area contributed by atoms with Crippen LogP contribution in [0, 0.1) is 0 Å². The molecule has 0 radical (unpaired) electrons. The van der Waals surface area contributed by atoms with Crippen molar-refractivity contribution < 1.29 is 43.8 Å². The first-order valence-electron chi connectivity index (χ1n) is 19.8. The predicted molar refractivity (Wildman–Crippen MR) is 268 cm³/mol. The summed E-state index contributed by atoms with van der Waals surface area (Å²) in [5.41, 5.74) is 0. The van der Waals surface area contributed by atoms with Crippen molar-refractivity contribution in [2.45, 2.75) is 147 Å². The number of rotatable bonds is 12. The van der Waals surface area contributed by atoms with Crippen LogP contribution in [0.3, 0.4) is 0 Å². The van der Waals surface area contributed by atoms with Gasteiger partial charge in [0.15, 0.2) is 6.17 Å². The molecule has 8 nitrogen and oxygen atoms in total. The fourth-order valence-electron chi connectivity index (χ4n) is 6.52. The van der Waals surface area contributed by atoms with E-state index >= 15 is 0 Å². The van der Waals surface area contributed by atoms with Crippen molar-refractivity contribution in [2.24, 2.45) is 0 Å². The maximum absolute atomic E-state index is 13.2. The molecule has 4 aliphatic heterocycles. The molecule has 0 aromatic carbocycles. The Morgan fingerprint density at radius 3 is 1.09 bits per heavy atom. The first-order chi connectivity index (χ1) is 25.2. The molecule has 4 aliphatic rings. The highest BCUT2D eigenvalue weighted by atomic mass is 127. The van der Waals surface area contributed by atoms with E-state index < -0.39 is 52.0 Å². The van der Waals surface area contributed by atoms with Gasteiger partial charge in [-0.1, -0.05) is 38.5 Å². The predicted octanol–water partition coefficient (Wildman–Crippen LogP) is 7.45.